The van der Waals surface area contributed by atoms with Crippen LogP contribution in [0.5, 0.6) is 0 Å². The van der Waals surface area contributed by atoms with Gasteiger partial charge in [-0.1, -0.05) is 18.2 Å². The summed E-state index contributed by atoms with van der Waals surface area (Å²) in [6.07, 6.45) is 1.75. The van der Waals surface area contributed by atoms with Crippen LogP contribution in [0.25, 0.3) is 11.3 Å². The minimum absolute atomic E-state index is 0.697. The van der Waals surface area contributed by atoms with Gasteiger partial charge in [0.25, 0.3) is 0 Å². The van der Waals surface area contributed by atoms with Crippen molar-refractivity contribution < 1.29 is 0 Å². The summed E-state index contributed by atoms with van der Waals surface area (Å²) in [5.41, 5.74) is 4.20. The van der Waals surface area contributed by atoms with Crippen LogP contribution in [0.1, 0.15) is 5.69 Å². The van der Waals surface area contributed by atoms with Crippen LogP contribution in [0.15, 0.2) is 59.3 Å². The van der Waals surface area contributed by atoms with Crippen LogP contribution in [0.2, 0.25) is 0 Å². The van der Waals surface area contributed by atoms with Gasteiger partial charge in [-0.15, -0.1) is 0 Å². The Hall–Kier alpha value is -2.14. The molecular weight excluding hydrogens is 316 g/mol. The summed E-state index contributed by atoms with van der Waals surface area (Å²) in [6, 6.07) is 16.1. The lowest BCUT2D eigenvalue weighted by molar-refractivity contribution is 1.03. The van der Waals surface area contributed by atoms with Crippen molar-refractivity contribution in [2.45, 2.75) is 6.54 Å². The minimum Gasteiger partial charge on any atom is -0.379 e. The van der Waals surface area contributed by atoms with Gasteiger partial charge in [0, 0.05) is 11.9 Å². The third-order valence-corrected chi connectivity index (χ3v) is 3.38. The van der Waals surface area contributed by atoms with Crippen molar-refractivity contribution in [1.29, 1.82) is 0 Å². The molecule has 3 aromatic rings. The molecule has 0 aliphatic carbocycles. The number of nitrogens with zero attached hydrogens (tertiary/aromatic N) is 2. The van der Waals surface area contributed by atoms with Gasteiger partial charge < -0.3 is 5.32 Å². The Bertz CT molecular complexity index is 677. The first-order valence-electron chi connectivity index (χ1n) is 6.26. The largest absolute Gasteiger partial charge is 0.379 e. The standard InChI is InChI=1S/C15H13BrN4/c16-15-3-1-2-13(19-15)10-17-12-6-4-11(5-7-12)14-8-9-18-20-14/h1-9,17H,10H2,(H,18,20). The zero-order valence-corrected chi connectivity index (χ0v) is 12.3. The molecule has 0 atom stereocenters. The average molecular weight is 329 g/mol. The lowest BCUT2D eigenvalue weighted by atomic mass is 10.1. The second-order valence-corrected chi connectivity index (χ2v) is 5.17. The number of pyridine rings is 1. The Morgan fingerprint density at radius 3 is 2.60 bits per heavy atom. The summed E-state index contributed by atoms with van der Waals surface area (Å²) < 4.78 is 0.853. The fourth-order valence-electron chi connectivity index (χ4n) is 1.93. The first kappa shape index (κ1) is 12.9. The Morgan fingerprint density at radius 1 is 1.05 bits per heavy atom. The third-order valence-electron chi connectivity index (χ3n) is 2.94. The number of halogens is 1. The van der Waals surface area contributed by atoms with E-state index in [1.165, 1.54) is 0 Å². The first-order chi connectivity index (χ1) is 9.81. The molecule has 0 saturated carbocycles. The molecule has 100 valence electrons. The Labute approximate surface area is 125 Å². The maximum atomic E-state index is 4.39. The summed E-state index contributed by atoms with van der Waals surface area (Å²) in [4.78, 5) is 4.39. The number of nitrogens with one attached hydrogen (secondary N) is 2. The molecule has 20 heavy (non-hydrogen) atoms. The number of rotatable bonds is 4. The quantitative estimate of drug-likeness (QED) is 0.715. The average Bonchev–Trinajstić information content (AvgIpc) is 3.00. The van der Waals surface area contributed by atoms with Gasteiger partial charge in [0.1, 0.15) is 4.60 Å². The summed E-state index contributed by atoms with van der Waals surface area (Å²) in [5, 5.41) is 10.3. The molecular formula is C15H13BrN4. The molecule has 0 radical (unpaired) electrons. The Morgan fingerprint density at radius 2 is 1.90 bits per heavy atom. The highest BCUT2D eigenvalue weighted by molar-refractivity contribution is 9.10. The van der Waals surface area contributed by atoms with E-state index in [9.17, 15) is 0 Å². The number of anilines is 1. The fraction of sp³-hybridized carbons (Fsp3) is 0.0667. The normalized spacial score (nSPS) is 10.4. The molecule has 4 nitrogen and oxygen atoms in total. The van der Waals surface area contributed by atoms with Crippen molar-refractivity contribution in [2.75, 3.05) is 5.32 Å². The molecule has 0 amide bonds. The van der Waals surface area contributed by atoms with E-state index in [1.54, 1.807) is 6.20 Å². The van der Waals surface area contributed by atoms with Gasteiger partial charge >= 0.3 is 0 Å². The first-order valence-corrected chi connectivity index (χ1v) is 7.06. The lowest BCUT2D eigenvalue weighted by Crippen LogP contribution is -2.01. The number of aromatic nitrogens is 3. The van der Waals surface area contributed by atoms with Gasteiger partial charge in [-0.05, 0) is 51.8 Å². The van der Waals surface area contributed by atoms with Gasteiger partial charge in [0.2, 0.25) is 0 Å². The van der Waals surface area contributed by atoms with Gasteiger partial charge in [-0.25, -0.2) is 4.98 Å². The molecule has 0 fully saturated rings. The van der Waals surface area contributed by atoms with E-state index >= 15 is 0 Å². The zero-order valence-electron chi connectivity index (χ0n) is 10.7. The summed E-state index contributed by atoms with van der Waals surface area (Å²) >= 11 is 3.37. The molecule has 2 aromatic heterocycles. The molecule has 2 N–H and O–H groups in total. The van der Waals surface area contributed by atoms with Crippen molar-refractivity contribution in [3.8, 4) is 11.3 Å². The second-order valence-electron chi connectivity index (χ2n) is 4.35. The number of hydrogen-bond donors (Lipinski definition) is 2. The molecule has 2 heterocycles. The number of hydrogen-bond acceptors (Lipinski definition) is 3. The van der Waals surface area contributed by atoms with Crippen LogP contribution in [-0.2, 0) is 6.54 Å². The number of H-pyrrole nitrogens is 1. The van der Waals surface area contributed by atoms with E-state index in [1.807, 2.05) is 36.4 Å². The summed E-state index contributed by atoms with van der Waals surface area (Å²) in [5.74, 6) is 0. The smallest absolute Gasteiger partial charge is 0.106 e. The van der Waals surface area contributed by atoms with Gasteiger partial charge in [0.05, 0.1) is 17.9 Å². The van der Waals surface area contributed by atoms with Crippen LogP contribution in [0, 0.1) is 0 Å². The molecule has 3 rings (SSSR count). The molecule has 0 saturated heterocycles. The van der Waals surface area contributed by atoms with Gasteiger partial charge in [-0.2, -0.15) is 5.10 Å². The maximum Gasteiger partial charge on any atom is 0.106 e. The van der Waals surface area contributed by atoms with Crippen LogP contribution in [0.3, 0.4) is 0 Å². The van der Waals surface area contributed by atoms with Crippen molar-refractivity contribution in [1.82, 2.24) is 15.2 Å². The van der Waals surface area contributed by atoms with E-state index in [0.717, 1.165) is 27.2 Å². The lowest BCUT2D eigenvalue weighted by Gasteiger charge is -2.07. The van der Waals surface area contributed by atoms with E-state index in [-0.39, 0.29) is 0 Å². The van der Waals surface area contributed by atoms with Crippen LogP contribution in [0.4, 0.5) is 5.69 Å². The fourth-order valence-corrected chi connectivity index (χ4v) is 2.31. The van der Waals surface area contributed by atoms with Crippen LogP contribution < -0.4 is 5.32 Å². The third kappa shape index (κ3) is 3.05. The predicted octanol–water partition coefficient (Wildman–Crippen LogP) is 3.85. The van der Waals surface area contributed by atoms with E-state index in [0.29, 0.717) is 6.54 Å². The van der Waals surface area contributed by atoms with E-state index < -0.39 is 0 Å². The zero-order chi connectivity index (χ0) is 13.8. The predicted molar refractivity (Wildman–Crippen MR) is 83.3 cm³/mol. The number of benzene rings is 1. The molecule has 0 spiro atoms. The summed E-state index contributed by atoms with van der Waals surface area (Å²) in [7, 11) is 0. The van der Waals surface area contributed by atoms with Crippen LogP contribution in [-0.4, -0.2) is 15.2 Å². The number of aromatic amines is 1. The van der Waals surface area contributed by atoms with Gasteiger partial charge in [0.15, 0.2) is 0 Å². The van der Waals surface area contributed by atoms with Crippen molar-refractivity contribution >= 4 is 21.6 Å². The Kier molecular flexibility index (Phi) is 3.78. The SMILES string of the molecule is Brc1cccc(CNc2ccc(-c3ccn[nH]3)cc2)n1. The molecule has 0 aliphatic rings. The molecule has 0 bridgehead atoms. The second kappa shape index (κ2) is 5.88. The maximum absolute atomic E-state index is 4.39. The highest BCUT2D eigenvalue weighted by Gasteiger charge is 2.00. The van der Waals surface area contributed by atoms with Crippen molar-refractivity contribution in [2.24, 2.45) is 0 Å². The van der Waals surface area contributed by atoms with Crippen molar-refractivity contribution in [3.63, 3.8) is 0 Å². The minimum atomic E-state index is 0.697. The highest BCUT2D eigenvalue weighted by Crippen LogP contribution is 2.19. The monoisotopic (exact) mass is 328 g/mol. The van der Waals surface area contributed by atoms with Crippen LogP contribution >= 0.6 is 15.9 Å². The summed E-state index contributed by atoms with van der Waals surface area (Å²) in [6.45, 7) is 0.697. The van der Waals surface area contributed by atoms with Gasteiger partial charge in [-0.3, -0.25) is 5.10 Å². The van der Waals surface area contributed by atoms with E-state index in [2.05, 4.69) is 48.6 Å². The van der Waals surface area contributed by atoms with Crippen molar-refractivity contribution in [3.05, 3.63) is 65.0 Å². The molecule has 1 aromatic carbocycles. The van der Waals surface area contributed by atoms with E-state index in [4.69, 9.17) is 0 Å². The molecule has 0 aliphatic heterocycles. The Balaban J connectivity index is 1.67. The highest BCUT2D eigenvalue weighted by atomic mass is 79.9. The molecule has 0 unspecified atom stereocenters. The molecule has 5 heteroatoms. The topological polar surface area (TPSA) is 53.6 Å².